The first-order valence-electron chi connectivity index (χ1n) is 9.13. The van der Waals surface area contributed by atoms with E-state index in [1.165, 1.54) is 5.56 Å². The maximum Gasteiger partial charge on any atom is 0.229 e. The average Bonchev–Trinajstić information content (AvgIpc) is 2.74. The van der Waals surface area contributed by atoms with Crippen molar-refractivity contribution < 1.29 is 9.53 Å². The number of methoxy groups -OCH3 is 1. The van der Waals surface area contributed by atoms with Gasteiger partial charge in [0.15, 0.2) is 0 Å². The van der Waals surface area contributed by atoms with Crippen LogP contribution in [0, 0.1) is 18.3 Å². The fourth-order valence-electron chi connectivity index (χ4n) is 3.60. The van der Waals surface area contributed by atoms with Crippen LogP contribution in [0.4, 0.5) is 5.69 Å². The Bertz CT molecular complexity index is 961. The summed E-state index contributed by atoms with van der Waals surface area (Å²) >= 11 is 1.56. The smallest absolute Gasteiger partial charge is 0.229 e. The van der Waals surface area contributed by atoms with Crippen molar-refractivity contribution in [3.05, 3.63) is 70.3 Å². The molecule has 1 atom stereocenters. The third kappa shape index (κ3) is 3.34. The minimum atomic E-state index is -0.201. The molecule has 0 N–H and O–H groups in total. The predicted octanol–water partition coefficient (Wildman–Crippen LogP) is 4.22. The molecule has 2 aliphatic rings. The second-order valence-corrected chi connectivity index (χ2v) is 7.91. The first-order valence-corrected chi connectivity index (χ1v) is 10.1. The monoisotopic (exact) mass is 391 g/mol. The molecule has 5 nitrogen and oxygen atoms in total. The molecule has 1 amide bonds. The van der Waals surface area contributed by atoms with Gasteiger partial charge in [-0.25, -0.2) is 0 Å². The lowest BCUT2D eigenvalue weighted by atomic mass is 9.86. The Morgan fingerprint density at radius 2 is 1.86 bits per heavy atom. The summed E-state index contributed by atoms with van der Waals surface area (Å²) in [6.45, 7) is 2.53. The van der Waals surface area contributed by atoms with Gasteiger partial charge in [-0.1, -0.05) is 41.6 Å². The van der Waals surface area contributed by atoms with Crippen molar-refractivity contribution >= 4 is 23.4 Å². The van der Waals surface area contributed by atoms with Crippen LogP contribution in [0.1, 0.15) is 23.5 Å². The van der Waals surface area contributed by atoms with Gasteiger partial charge in [-0.05, 0) is 36.8 Å². The number of anilines is 1. The van der Waals surface area contributed by atoms with E-state index in [4.69, 9.17) is 4.74 Å². The van der Waals surface area contributed by atoms with Crippen LogP contribution in [0.25, 0.3) is 0 Å². The number of hydrogen-bond acceptors (Lipinski definition) is 5. The van der Waals surface area contributed by atoms with Crippen molar-refractivity contribution in [3.63, 3.8) is 0 Å². The number of amides is 1. The molecule has 0 bridgehead atoms. The van der Waals surface area contributed by atoms with Crippen molar-refractivity contribution in [3.8, 4) is 11.8 Å². The van der Waals surface area contributed by atoms with E-state index in [1.54, 1.807) is 23.8 Å². The molecule has 0 aromatic heterocycles. The fraction of sp³-hybridized carbons (Fsp3) is 0.273. The lowest BCUT2D eigenvalue weighted by Crippen LogP contribution is -2.47. The molecule has 28 heavy (non-hydrogen) atoms. The number of fused-ring (bicyclic) bond motifs is 1. The van der Waals surface area contributed by atoms with Crippen molar-refractivity contribution in [2.75, 3.05) is 24.6 Å². The normalized spacial score (nSPS) is 19.3. The summed E-state index contributed by atoms with van der Waals surface area (Å²) in [6, 6.07) is 18.3. The van der Waals surface area contributed by atoms with Crippen LogP contribution < -0.4 is 9.64 Å². The average molecular weight is 391 g/mol. The summed E-state index contributed by atoms with van der Waals surface area (Å²) in [7, 11) is 1.62. The minimum absolute atomic E-state index is 0.0547. The summed E-state index contributed by atoms with van der Waals surface area (Å²) in [6.07, 6.45) is 0.307. The highest BCUT2D eigenvalue weighted by molar-refractivity contribution is 8.03. The van der Waals surface area contributed by atoms with E-state index >= 15 is 0 Å². The fourth-order valence-corrected chi connectivity index (χ4v) is 4.77. The van der Waals surface area contributed by atoms with Gasteiger partial charge in [0.05, 0.1) is 36.3 Å². The molecule has 2 aromatic rings. The molecule has 0 unspecified atom stereocenters. The van der Waals surface area contributed by atoms with Gasteiger partial charge in [0.2, 0.25) is 5.91 Å². The Hall–Kier alpha value is -2.91. The Balaban J connectivity index is 1.63. The van der Waals surface area contributed by atoms with Gasteiger partial charge in [-0.2, -0.15) is 5.26 Å². The largest absolute Gasteiger partial charge is 0.497 e. The second kappa shape index (κ2) is 7.61. The molecule has 4 rings (SSSR count). The number of nitriles is 1. The summed E-state index contributed by atoms with van der Waals surface area (Å²) in [5, 5.41) is 10.7. The van der Waals surface area contributed by atoms with Crippen molar-refractivity contribution in [2.24, 2.45) is 0 Å². The first kappa shape index (κ1) is 18.5. The molecule has 0 aliphatic carbocycles. The van der Waals surface area contributed by atoms with Gasteiger partial charge >= 0.3 is 0 Å². The second-order valence-electron chi connectivity index (χ2n) is 6.97. The van der Waals surface area contributed by atoms with E-state index < -0.39 is 0 Å². The van der Waals surface area contributed by atoms with Crippen molar-refractivity contribution in [1.29, 1.82) is 5.26 Å². The van der Waals surface area contributed by atoms with Gasteiger partial charge in [-0.15, -0.1) is 0 Å². The highest BCUT2D eigenvalue weighted by Gasteiger charge is 2.38. The third-order valence-electron chi connectivity index (χ3n) is 5.21. The maximum absolute atomic E-state index is 12.9. The molecule has 0 radical (unpaired) electrons. The van der Waals surface area contributed by atoms with Crippen LogP contribution in [0.5, 0.6) is 5.75 Å². The summed E-state index contributed by atoms with van der Waals surface area (Å²) in [5.41, 5.74) is 3.94. The molecule has 1 saturated heterocycles. The highest BCUT2D eigenvalue weighted by Crippen LogP contribution is 2.43. The van der Waals surface area contributed by atoms with Crippen LogP contribution in [0.2, 0.25) is 0 Å². The van der Waals surface area contributed by atoms with Gasteiger partial charge in [0.25, 0.3) is 0 Å². The molecule has 142 valence electrons. The zero-order valence-corrected chi connectivity index (χ0v) is 16.7. The van der Waals surface area contributed by atoms with Crippen LogP contribution in [-0.2, 0) is 4.79 Å². The lowest BCUT2D eigenvalue weighted by molar-refractivity contribution is -0.129. The van der Waals surface area contributed by atoms with Gasteiger partial charge in [-0.3, -0.25) is 9.69 Å². The molecule has 6 heteroatoms. The molecule has 0 spiro atoms. The van der Waals surface area contributed by atoms with Crippen LogP contribution >= 0.6 is 11.8 Å². The number of allylic oxidation sites excluding steroid dienone is 1. The molecular weight excluding hydrogens is 370 g/mol. The number of nitrogens with zero attached hydrogens (tertiary/aromatic N) is 3. The number of thioether (sulfide) groups is 1. The molecule has 1 fully saturated rings. The van der Waals surface area contributed by atoms with Gasteiger partial charge in [0, 0.05) is 18.0 Å². The van der Waals surface area contributed by atoms with Crippen molar-refractivity contribution in [2.45, 2.75) is 19.3 Å². The SMILES string of the molecule is COc1ccc([C@H]2CC(=O)N3CN(c4ccc(C)cc4)CSC3=C2C#N)cc1. The Labute approximate surface area is 169 Å². The summed E-state index contributed by atoms with van der Waals surface area (Å²) in [5.74, 6) is 1.33. The Morgan fingerprint density at radius 3 is 2.50 bits per heavy atom. The minimum Gasteiger partial charge on any atom is -0.497 e. The van der Waals surface area contributed by atoms with Crippen LogP contribution in [-0.4, -0.2) is 30.5 Å². The molecule has 2 aromatic carbocycles. The van der Waals surface area contributed by atoms with E-state index in [1.807, 2.05) is 24.3 Å². The van der Waals surface area contributed by atoms with Crippen molar-refractivity contribution in [1.82, 2.24) is 4.90 Å². The zero-order valence-electron chi connectivity index (χ0n) is 15.9. The van der Waals surface area contributed by atoms with E-state index in [0.29, 0.717) is 24.5 Å². The van der Waals surface area contributed by atoms with E-state index in [-0.39, 0.29) is 11.8 Å². The summed E-state index contributed by atoms with van der Waals surface area (Å²) < 4.78 is 5.22. The molecule has 2 aliphatic heterocycles. The lowest BCUT2D eigenvalue weighted by Gasteiger charge is -2.42. The predicted molar refractivity (Wildman–Crippen MR) is 111 cm³/mol. The van der Waals surface area contributed by atoms with E-state index in [2.05, 4.69) is 42.2 Å². The highest BCUT2D eigenvalue weighted by atomic mass is 32.2. The number of hydrogen-bond donors (Lipinski definition) is 0. The number of carbonyl (C=O) groups excluding carboxylic acids is 1. The van der Waals surface area contributed by atoms with E-state index in [0.717, 1.165) is 22.0 Å². The van der Waals surface area contributed by atoms with Gasteiger partial charge < -0.3 is 9.64 Å². The van der Waals surface area contributed by atoms with Crippen LogP contribution in [0.15, 0.2) is 59.1 Å². The van der Waals surface area contributed by atoms with Gasteiger partial charge in [0.1, 0.15) is 5.75 Å². The molecular formula is C22H21N3O2S. The molecule has 2 heterocycles. The number of benzene rings is 2. The Kier molecular flexibility index (Phi) is 5.01. The maximum atomic E-state index is 12.9. The first-order chi connectivity index (χ1) is 13.6. The topological polar surface area (TPSA) is 56.6 Å². The Morgan fingerprint density at radius 1 is 1.14 bits per heavy atom. The zero-order chi connectivity index (χ0) is 19.7. The standard InChI is InChI=1S/C22H21N3O2S/c1-15-3-7-17(8-4-15)24-13-25-21(26)11-19(20(12-23)22(25)28-14-24)16-5-9-18(27-2)10-6-16/h3-10,19H,11,13-14H2,1-2H3/t19-/m1/s1. The number of ether oxygens (including phenoxy) is 1. The quantitative estimate of drug-likeness (QED) is 0.784. The van der Waals surface area contributed by atoms with Crippen LogP contribution in [0.3, 0.4) is 0 Å². The number of carbonyl (C=O) groups is 1. The molecule has 0 saturated carbocycles. The summed E-state index contributed by atoms with van der Waals surface area (Å²) in [4.78, 5) is 16.9. The third-order valence-corrected chi connectivity index (χ3v) is 6.37. The number of rotatable bonds is 3. The number of aryl methyl sites for hydroxylation is 1. The van der Waals surface area contributed by atoms with E-state index in [9.17, 15) is 10.1 Å².